The van der Waals surface area contributed by atoms with Crippen LogP contribution in [0, 0.1) is 10.5 Å². The maximum atomic E-state index is 5.96. The van der Waals surface area contributed by atoms with Gasteiger partial charge in [0.1, 0.15) is 11.0 Å². The zero-order chi connectivity index (χ0) is 10.0. The fourth-order valence-corrected chi connectivity index (χ4v) is 1.41. The van der Waals surface area contributed by atoms with Gasteiger partial charge in [0, 0.05) is 5.92 Å². The van der Waals surface area contributed by atoms with E-state index in [1.54, 1.807) is 0 Å². The maximum absolute atomic E-state index is 5.96. The van der Waals surface area contributed by atoms with Crippen LogP contribution in [0.25, 0.3) is 0 Å². The highest BCUT2D eigenvalue weighted by Crippen LogP contribution is 2.22. The molecule has 0 aromatic carbocycles. The molecular weight excluding hydrogens is 298 g/mol. The van der Waals surface area contributed by atoms with Gasteiger partial charge in [-0.1, -0.05) is 25.4 Å². The lowest BCUT2D eigenvalue weighted by molar-refractivity contribution is 0.673. The highest BCUT2D eigenvalue weighted by atomic mass is 127. The van der Waals surface area contributed by atoms with Crippen molar-refractivity contribution < 1.29 is 0 Å². The predicted octanol–water partition coefficient (Wildman–Crippen LogP) is 3.56. The first-order valence-corrected chi connectivity index (χ1v) is 5.71. The maximum Gasteiger partial charge on any atom is 0.146 e. The smallest absolute Gasteiger partial charge is 0.146 e. The average Bonchev–Trinajstić information content (AvgIpc) is 2.12. The molecule has 0 aliphatic heterocycles. The molecule has 0 aliphatic rings. The number of halogens is 2. The highest BCUT2D eigenvalue weighted by molar-refractivity contribution is 14.1. The lowest BCUT2D eigenvalue weighted by atomic mass is 10.1. The summed E-state index contributed by atoms with van der Waals surface area (Å²) in [5.74, 6) is 1.23. The van der Waals surface area contributed by atoms with Gasteiger partial charge in [0.05, 0.1) is 9.26 Å². The van der Waals surface area contributed by atoms with Gasteiger partial charge in [-0.3, -0.25) is 0 Å². The van der Waals surface area contributed by atoms with Crippen LogP contribution in [-0.2, 0) is 0 Å². The second-order valence-corrected chi connectivity index (χ2v) is 4.52. The van der Waals surface area contributed by atoms with E-state index in [-0.39, 0.29) is 0 Å². The lowest BCUT2D eigenvalue weighted by Crippen LogP contribution is -2.03. The van der Waals surface area contributed by atoms with Crippen molar-refractivity contribution in [2.24, 2.45) is 0 Å². The van der Waals surface area contributed by atoms with E-state index in [0.29, 0.717) is 11.1 Å². The van der Waals surface area contributed by atoms with E-state index in [9.17, 15) is 0 Å². The second kappa shape index (κ2) is 4.55. The number of aromatic nitrogens is 2. The summed E-state index contributed by atoms with van der Waals surface area (Å²) < 4.78 is 0.950. The van der Waals surface area contributed by atoms with Crippen molar-refractivity contribution in [1.82, 2.24) is 9.97 Å². The summed E-state index contributed by atoms with van der Waals surface area (Å²) in [6.45, 7) is 6.19. The molecule has 0 saturated heterocycles. The monoisotopic (exact) mass is 310 g/mol. The molecule has 0 bridgehead atoms. The third-order valence-electron chi connectivity index (χ3n) is 2.05. The molecule has 0 fully saturated rings. The SMILES string of the molecule is CCC(C)c1nc(C)c(I)c(Cl)n1. The quantitative estimate of drug-likeness (QED) is 0.616. The molecule has 0 aliphatic carbocycles. The average molecular weight is 311 g/mol. The normalized spacial score (nSPS) is 13.0. The molecule has 0 spiro atoms. The van der Waals surface area contributed by atoms with Crippen LogP contribution >= 0.6 is 34.2 Å². The van der Waals surface area contributed by atoms with Crippen LogP contribution in [0.4, 0.5) is 0 Å². The van der Waals surface area contributed by atoms with Crippen LogP contribution in [-0.4, -0.2) is 9.97 Å². The topological polar surface area (TPSA) is 25.8 Å². The van der Waals surface area contributed by atoms with Crippen molar-refractivity contribution in [2.75, 3.05) is 0 Å². The van der Waals surface area contributed by atoms with Gasteiger partial charge in [0.25, 0.3) is 0 Å². The Morgan fingerprint density at radius 2 is 2.08 bits per heavy atom. The fraction of sp³-hybridized carbons (Fsp3) is 0.556. The van der Waals surface area contributed by atoms with Gasteiger partial charge in [-0.2, -0.15) is 0 Å². The van der Waals surface area contributed by atoms with Crippen molar-refractivity contribution >= 4 is 34.2 Å². The Morgan fingerprint density at radius 3 is 2.54 bits per heavy atom. The van der Waals surface area contributed by atoms with E-state index in [2.05, 4.69) is 46.4 Å². The number of hydrogen-bond donors (Lipinski definition) is 0. The Hall–Kier alpha value is 0.1000. The molecule has 1 unspecified atom stereocenters. The molecule has 4 heteroatoms. The predicted molar refractivity (Wildman–Crippen MR) is 63.2 cm³/mol. The summed E-state index contributed by atoms with van der Waals surface area (Å²) in [5, 5.41) is 0.573. The standard InChI is InChI=1S/C9H12ClIN2/c1-4-5(2)9-12-6(3)7(11)8(10)13-9/h5H,4H2,1-3H3. The van der Waals surface area contributed by atoms with Crippen molar-refractivity contribution in [3.63, 3.8) is 0 Å². The van der Waals surface area contributed by atoms with Crippen LogP contribution in [0.2, 0.25) is 5.15 Å². The van der Waals surface area contributed by atoms with E-state index in [4.69, 9.17) is 11.6 Å². The molecular formula is C9H12ClIN2. The molecule has 13 heavy (non-hydrogen) atoms. The van der Waals surface area contributed by atoms with Crippen LogP contribution in [0.5, 0.6) is 0 Å². The number of hydrogen-bond acceptors (Lipinski definition) is 2. The van der Waals surface area contributed by atoms with Gasteiger partial charge in [-0.25, -0.2) is 9.97 Å². The van der Waals surface area contributed by atoms with Crippen LogP contribution < -0.4 is 0 Å². The van der Waals surface area contributed by atoms with Gasteiger partial charge in [-0.05, 0) is 35.9 Å². The zero-order valence-corrected chi connectivity index (χ0v) is 10.8. The molecule has 0 radical (unpaired) electrons. The van der Waals surface area contributed by atoms with Gasteiger partial charge in [-0.15, -0.1) is 0 Å². The first-order valence-electron chi connectivity index (χ1n) is 4.25. The fourth-order valence-electron chi connectivity index (χ4n) is 0.948. The van der Waals surface area contributed by atoms with E-state index >= 15 is 0 Å². The van der Waals surface area contributed by atoms with E-state index < -0.39 is 0 Å². The molecule has 1 atom stereocenters. The van der Waals surface area contributed by atoms with Crippen LogP contribution in [0.3, 0.4) is 0 Å². The first-order chi connectivity index (χ1) is 6.06. The molecule has 0 N–H and O–H groups in total. The Bertz CT molecular complexity index is 291. The summed E-state index contributed by atoms with van der Waals surface area (Å²) >= 11 is 8.13. The van der Waals surface area contributed by atoms with Crippen molar-refractivity contribution in [2.45, 2.75) is 33.1 Å². The summed E-state index contributed by atoms with van der Waals surface area (Å²) in [5.41, 5.74) is 0.968. The van der Waals surface area contributed by atoms with Crippen molar-refractivity contribution in [1.29, 1.82) is 0 Å². The number of rotatable bonds is 2. The Morgan fingerprint density at radius 1 is 1.46 bits per heavy atom. The van der Waals surface area contributed by atoms with E-state index in [0.717, 1.165) is 21.5 Å². The Labute approximate surface area is 97.3 Å². The number of aryl methyl sites for hydroxylation is 1. The summed E-state index contributed by atoms with van der Waals surface area (Å²) in [4.78, 5) is 8.65. The van der Waals surface area contributed by atoms with Crippen molar-refractivity contribution in [3.05, 3.63) is 20.2 Å². The molecule has 0 saturated carbocycles. The summed E-state index contributed by atoms with van der Waals surface area (Å²) in [7, 11) is 0. The van der Waals surface area contributed by atoms with Crippen molar-refractivity contribution in [3.8, 4) is 0 Å². The molecule has 2 nitrogen and oxygen atoms in total. The lowest BCUT2D eigenvalue weighted by Gasteiger charge is -2.09. The van der Waals surface area contributed by atoms with E-state index in [1.807, 2.05) is 6.92 Å². The molecule has 1 aromatic rings. The van der Waals surface area contributed by atoms with E-state index in [1.165, 1.54) is 0 Å². The molecule has 1 rings (SSSR count). The molecule has 0 amide bonds. The summed E-state index contributed by atoms with van der Waals surface area (Å²) in [6, 6.07) is 0. The van der Waals surface area contributed by atoms with Crippen LogP contribution in [0.1, 0.15) is 37.7 Å². The minimum Gasteiger partial charge on any atom is -0.237 e. The van der Waals surface area contributed by atoms with Gasteiger partial charge in [0.15, 0.2) is 0 Å². The largest absolute Gasteiger partial charge is 0.237 e. The number of nitrogens with zero attached hydrogens (tertiary/aromatic N) is 2. The molecule has 72 valence electrons. The van der Waals surface area contributed by atoms with Gasteiger partial charge >= 0.3 is 0 Å². The second-order valence-electron chi connectivity index (χ2n) is 3.08. The van der Waals surface area contributed by atoms with Gasteiger partial charge < -0.3 is 0 Å². The van der Waals surface area contributed by atoms with Crippen LogP contribution in [0.15, 0.2) is 0 Å². The molecule has 1 aromatic heterocycles. The highest BCUT2D eigenvalue weighted by Gasteiger charge is 2.11. The van der Waals surface area contributed by atoms with Gasteiger partial charge in [0.2, 0.25) is 0 Å². The third-order valence-corrected chi connectivity index (χ3v) is 3.93. The Balaban J connectivity index is 3.13. The molecule has 1 heterocycles. The first kappa shape index (κ1) is 11.2. The minimum atomic E-state index is 0.383. The third kappa shape index (κ3) is 2.53. The minimum absolute atomic E-state index is 0.383. The zero-order valence-electron chi connectivity index (χ0n) is 7.93. The Kier molecular flexibility index (Phi) is 3.91. The summed E-state index contributed by atoms with van der Waals surface area (Å²) in [6.07, 6.45) is 1.04.